The van der Waals surface area contributed by atoms with Gasteiger partial charge in [-0.25, -0.2) is 4.98 Å². The van der Waals surface area contributed by atoms with Crippen LogP contribution in [0.5, 0.6) is 0 Å². The number of nitrogens with zero attached hydrogens (tertiary/aromatic N) is 2. The van der Waals surface area contributed by atoms with Crippen molar-refractivity contribution in [3.05, 3.63) is 17.3 Å². The maximum Gasteiger partial charge on any atom is 0.289 e. The Balaban J connectivity index is 1.70. The summed E-state index contributed by atoms with van der Waals surface area (Å²) in [7, 11) is 0. The normalized spacial score (nSPS) is 33.2. The first kappa shape index (κ1) is 17.4. The molecule has 2 N–H and O–H groups in total. The molecular weight excluding hydrogens is 306 g/mol. The van der Waals surface area contributed by atoms with E-state index in [1.54, 1.807) is 13.8 Å². The molecule has 0 bridgehead atoms. The zero-order valence-corrected chi connectivity index (χ0v) is 15.3. The summed E-state index contributed by atoms with van der Waals surface area (Å²) in [6, 6.07) is 0.260. The molecule has 1 saturated heterocycles. The predicted octanol–water partition coefficient (Wildman–Crippen LogP) is 1.89. The van der Waals surface area contributed by atoms with Gasteiger partial charge in [0, 0.05) is 24.9 Å². The van der Waals surface area contributed by atoms with E-state index in [-0.39, 0.29) is 23.1 Å². The molecule has 1 amide bonds. The van der Waals surface area contributed by atoms with Gasteiger partial charge >= 0.3 is 0 Å². The summed E-state index contributed by atoms with van der Waals surface area (Å²) in [6.45, 7) is 12.2. The molecule has 2 heterocycles. The highest BCUT2D eigenvalue weighted by Crippen LogP contribution is 2.52. The maximum atomic E-state index is 12.5. The van der Waals surface area contributed by atoms with Gasteiger partial charge in [-0.3, -0.25) is 9.69 Å². The highest BCUT2D eigenvalue weighted by atomic mass is 16.4. The Morgan fingerprint density at radius 2 is 2.17 bits per heavy atom. The van der Waals surface area contributed by atoms with E-state index in [1.165, 1.54) is 0 Å². The molecular formula is C18H29N3O3. The van der Waals surface area contributed by atoms with Crippen LogP contribution in [-0.2, 0) is 0 Å². The first-order valence-electron chi connectivity index (χ1n) is 8.94. The number of carbonyl (C=O) groups excluding carboxylic acids is 1. The van der Waals surface area contributed by atoms with Crippen LogP contribution in [0.25, 0.3) is 0 Å². The van der Waals surface area contributed by atoms with E-state index in [4.69, 9.17) is 4.42 Å². The fraction of sp³-hybridized carbons (Fsp3) is 0.778. The van der Waals surface area contributed by atoms with Crippen molar-refractivity contribution in [1.29, 1.82) is 0 Å². The number of aryl methyl sites for hydroxylation is 2. The van der Waals surface area contributed by atoms with Crippen LogP contribution < -0.4 is 5.32 Å². The number of rotatable bonds is 4. The average Bonchev–Trinajstić information content (AvgIpc) is 2.97. The zero-order valence-electron chi connectivity index (χ0n) is 15.3. The van der Waals surface area contributed by atoms with Crippen molar-refractivity contribution in [2.24, 2.45) is 11.3 Å². The molecule has 4 atom stereocenters. The van der Waals surface area contributed by atoms with Crippen molar-refractivity contribution >= 4 is 5.91 Å². The van der Waals surface area contributed by atoms with E-state index in [0.717, 1.165) is 25.9 Å². The Labute approximate surface area is 143 Å². The topological polar surface area (TPSA) is 78.6 Å². The van der Waals surface area contributed by atoms with Gasteiger partial charge in [0.1, 0.15) is 0 Å². The smallest absolute Gasteiger partial charge is 0.289 e. The molecule has 1 spiro atoms. The van der Waals surface area contributed by atoms with Gasteiger partial charge in [0.2, 0.25) is 5.76 Å². The van der Waals surface area contributed by atoms with Crippen LogP contribution in [0.1, 0.15) is 55.8 Å². The highest BCUT2D eigenvalue weighted by molar-refractivity contribution is 5.92. The summed E-state index contributed by atoms with van der Waals surface area (Å²) in [5, 5.41) is 13.5. The van der Waals surface area contributed by atoms with E-state index in [2.05, 4.69) is 36.0 Å². The monoisotopic (exact) mass is 335 g/mol. The van der Waals surface area contributed by atoms with Crippen LogP contribution in [0.15, 0.2) is 4.42 Å². The van der Waals surface area contributed by atoms with Crippen LogP contribution >= 0.6 is 0 Å². The number of hydrogen-bond acceptors (Lipinski definition) is 5. The first-order valence-corrected chi connectivity index (χ1v) is 8.94. The minimum absolute atomic E-state index is 0.119. The second kappa shape index (κ2) is 6.15. The van der Waals surface area contributed by atoms with Gasteiger partial charge in [0.25, 0.3) is 5.91 Å². The number of aliphatic hydroxyl groups is 1. The van der Waals surface area contributed by atoms with Crippen LogP contribution in [0.2, 0.25) is 0 Å². The fourth-order valence-electron chi connectivity index (χ4n) is 5.02. The van der Waals surface area contributed by atoms with Crippen molar-refractivity contribution in [3.63, 3.8) is 0 Å². The molecule has 1 aromatic heterocycles. The Hall–Kier alpha value is -1.40. The quantitative estimate of drug-likeness (QED) is 0.878. The van der Waals surface area contributed by atoms with Crippen LogP contribution in [0, 0.1) is 25.2 Å². The van der Waals surface area contributed by atoms with Crippen LogP contribution in [0.3, 0.4) is 0 Å². The van der Waals surface area contributed by atoms with Gasteiger partial charge in [0.15, 0.2) is 5.89 Å². The molecule has 1 aromatic rings. The number of carbonyl (C=O) groups is 1. The van der Waals surface area contributed by atoms with Crippen molar-refractivity contribution < 1.29 is 14.3 Å². The first-order chi connectivity index (χ1) is 11.3. The van der Waals surface area contributed by atoms with Crippen LogP contribution in [-0.4, -0.2) is 52.2 Å². The predicted molar refractivity (Wildman–Crippen MR) is 90.8 cm³/mol. The summed E-state index contributed by atoms with van der Waals surface area (Å²) in [5.41, 5.74) is 0.710. The average molecular weight is 335 g/mol. The summed E-state index contributed by atoms with van der Waals surface area (Å²) in [4.78, 5) is 19.1. The Morgan fingerprint density at radius 1 is 1.46 bits per heavy atom. The molecule has 0 aromatic carbocycles. The van der Waals surface area contributed by atoms with Crippen LogP contribution in [0.4, 0.5) is 0 Å². The lowest BCUT2D eigenvalue weighted by atomic mass is 9.65. The largest absolute Gasteiger partial charge is 0.436 e. The molecule has 0 radical (unpaired) electrons. The summed E-state index contributed by atoms with van der Waals surface area (Å²) in [5.74, 6) is 1.00. The van der Waals surface area contributed by atoms with Crippen molar-refractivity contribution in [3.8, 4) is 0 Å². The molecule has 1 saturated carbocycles. The summed E-state index contributed by atoms with van der Waals surface area (Å²) < 4.78 is 5.39. The number of oxazole rings is 1. The second-order valence-electron chi connectivity index (χ2n) is 7.82. The van der Waals surface area contributed by atoms with E-state index < -0.39 is 6.10 Å². The Kier molecular flexibility index (Phi) is 4.47. The van der Waals surface area contributed by atoms with E-state index >= 15 is 0 Å². The SMILES string of the molecule is CCN1CC2(C[C@@H](O)[C@H](NC(=O)c3oc(C)nc3C)C2)C1C(C)C. The van der Waals surface area contributed by atoms with E-state index in [9.17, 15) is 9.90 Å². The lowest BCUT2D eigenvalue weighted by molar-refractivity contribution is -0.0963. The number of hydrogen-bond donors (Lipinski definition) is 2. The van der Waals surface area contributed by atoms with Gasteiger partial charge in [-0.1, -0.05) is 20.8 Å². The minimum atomic E-state index is -0.501. The maximum absolute atomic E-state index is 12.5. The number of aromatic nitrogens is 1. The molecule has 6 heteroatoms. The second-order valence-corrected chi connectivity index (χ2v) is 7.82. The van der Waals surface area contributed by atoms with Gasteiger partial charge in [0.05, 0.1) is 17.8 Å². The third kappa shape index (κ3) is 2.75. The summed E-state index contributed by atoms with van der Waals surface area (Å²) >= 11 is 0. The number of nitrogens with one attached hydrogen (secondary N) is 1. The molecule has 1 aliphatic carbocycles. The fourth-order valence-corrected chi connectivity index (χ4v) is 5.02. The highest BCUT2D eigenvalue weighted by Gasteiger charge is 2.58. The lowest BCUT2D eigenvalue weighted by Gasteiger charge is -2.58. The molecule has 2 aliphatic rings. The lowest BCUT2D eigenvalue weighted by Crippen LogP contribution is -2.65. The van der Waals surface area contributed by atoms with E-state index in [0.29, 0.717) is 23.5 Å². The van der Waals surface area contributed by atoms with Gasteiger partial charge < -0.3 is 14.8 Å². The molecule has 1 aliphatic heterocycles. The Morgan fingerprint density at radius 3 is 2.71 bits per heavy atom. The molecule has 134 valence electrons. The number of aliphatic hydroxyl groups excluding tert-OH is 1. The molecule has 6 nitrogen and oxygen atoms in total. The van der Waals surface area contributed by atoms with Gasteiger partial charge in [-0.15, -0.1) is 0 Å². The van der Waals surface area contributed by atoms with Gasteiger partial charge in [-0.2, -0.15) is 0 Å². The third-order valence-electron chi connectivity index (χ3n) is 5.71. The molecule has 24 heavy (non-hydrogen) atoms. The number of likely N-dealkylation sites (tertiary alicyclic amines) is 1. The van der Waals surface area contributed by atoms with Crippen molar-refractivity contribution in [1.82, 2.24) is 15.2 Å². The minimum Gasteiger partial charge on any atom is -0.436 e. The van der Waals surface area contributed by atoms with E-state index in [1.807, 2.05) is 0 Å². The summed E-state index contributed by atoms with van der Waals surface area (Å²) in [6.07, 6.45) is 1.08. The van der Waals surface area contributed by atoms with Crippen molar-refractivity contribution in [2.75, 3.05) is 13.1 Å². The molecule has 3 rings (SSSR count). The zero-order chi connectivity index (χ0) is 17.6. The molecule has 2 fully saturated rings. The standard InChI is InChI=1S/C18H29N3O3/c1-6-21-9-18(16(21)10(2)3)7-13(14(22)8-18)20-17(23)15-11(4)19-12(5)24-15/h10,13-14,16,22H,6-9H2,1-5H3,(H,20,23)/t13-,14-,16?,18?/m1/s1. The van der Waals surface area contributed by atoms with Gasteiger partial charge in [-0.05, 0) is 32.2 Å². The third-order valence-corrected chi connectivity index (χ3v) is 5.71. The molecule has 2 unspecified atom stereocenters. The Bertz CT molecular complexity index is 627. The number of amides is 1. The van der Waals surface area contributed by atoms with Crippen molar-refractivity contribution in [2.45, 2.75) is 65.6 Å².